The van der Waals surface area contributed by atoms with Crippen molar-refractivity contribution in [3.8, 4) is 5.75 Å². The van der Waals surface area contributed by atoms with Gasteiger partial charge in [0, 0.05) is 30.9 Å². The first-order valence-corrected chi connectivity index (χ1v) is 7.60. The van der Waals surface area contributed by atoms with E-state index in [0.717, 1.165) is 11.3 Å². The number of carbonyl (C=O) groups is 2. The monoisotopic (exact) mass is 328 g/mol. The van der Waals surface area contributed by atoms with Crippen LogP contribution in [0.1, 0.15) is 12.0 Å². The molecule has 3 rings (SSSR count). The number of fused-ring (bicyclic) bond motifs is 1. The Balaban J connectivity index is 1.62. The van der Waals surface area contributed by atoms with E-state index in [2.05, 4.69) is 5.32 Å². The van der Waals surface area contributed by atoms with Crippen LogP contribution in [-0.4, -0.2) is 25.5 Å². The molecule has 0 spiro atoms. The van der Waals surface area contributed by atoms with Crippen molar-refractivity contribution in [3.05, 3.63) is 53.8 Å². The number of rotatable bonds is 4. The molecule has 6 heteroatoms. The Morgan fingerprint density at radius 1 is 1.25 bits per heavy atom. The van der Waals surface area contributed by atoms with Crippen LogP contribution in [-0.2, 0) is 16.0 Å². The molecule has 2 aromatic carbocycles. The van der Waals surface area contributed by atoms with Gasteiger partial charge in [0.15, 0.2) is 6.61 Å². The maximum atomic E-state index is 13.0. The first-order chi connectivity index (χ1) is 11.5. The quantitative estimate of drug-likeness (QED) is 0.939. The highest BCUT2D eigenvalue weighted by Crippen LogP contribution is 2.29. The van der Waals surface area contributed by atoms with E-state index in [9.17, 15) is 14.0 Å². The van der Waals surface area contributed by atoms with Crippen LogP contribution < -0.4 is 15.0 Å². The third kappa shape index (κ3) is 3.53. The third-order valence-corrected chi connectivity index (χ3v) is 3.87. The molecule has 24 heavy (non-hydrogen) atoms. The lowest BCUT2D eigenvalue weighted by molar-refractivity contribution is -0.119. The Labute approximate surface area is 139 Å². The van der Waals surface area contributed by atoms with E-state index in [1.54, 1.807) is 24.1 Å². The van der Waals surface area contributed by atoms with Crippen molar-refractivity contribution >= 4 is 23.2 Å². The number of carbonyl (C=O) groups excluding carboxylic acids is 2. The normalized spacial score (nSPS) is 13.4. The smallest absolute Gasteiger partial charge is 0.262 e. The molecule has 0 saturated carbocycles. The number of ether oxygens (including phenoxy) is 1. The summed E-state index contributed by atoms with van der Waals surface area (Å²) >= 11 is 0. The van der Waals surface area contributed by atoms with Crippen LogP contribution in [0.5, 0.6) is 5.75 Å². The maximum absolute atomic E-state index is 13.0. The maximum Gasteiger partial charge on any atom is 0.262 e. The summed E-state index contributed by atoms with van der Waals surface area (Å²) in [5.74, 6) is -0.362. The molecular weight excluding hydrogens is 311 g/mol. The molecule has 0 atom stereocenters. The molecule has 0 unspecified atom stereocenters. The highest BCUT2D eigenvalue weighted by molar-refractivity contribution is 5.97. The highest BCUT2D eigenvalue weighted by Gasteiger charge is 2.21. The van der Waals surface area contributed by atoms with Crippen LogP contribution in [0.2, 0.25) is 0 Å². The number of hydrogen-bond acceptors (Lipinski definition) is 3. The van der Waals surface area contributed by atoms with E-state index in [-0.39, 0.29) is 18.4 Å². The van der Waals surface area contributed by atoms with Gasteiger partial charge in [0.2, 0.25) is 5.91 Å². The van der Waals surface area contributed by atoms with Crippen LogP contribution in [0, 0.1) is 5.82 Å². The van der Waals surface area contributed by atoms with Gasteiger partial charge in [-0.2, -0.15) is 0 Å². The molecular formula is C18H17FN2O3. The van der Waals surface area contributed by atoms with Crippen LogP contribution in [0.4, 0.5) is 15.8 Å². The average Bonchev–Trinajstić information content (AvgIpc) is 2.57. The predicted molar refractivity (Wildman–Crippen MR) is 88.7 cm³/mol. The van der Waals surface area contributed by atoms with Crippen molar-refractivity contribution in [3.63, 3.8) is 0 Å². The number of nitrogens with one attached hydrogen (secondary N) is 1. The van der Waals surface area contributed by atoms with Gasteiger partial charge in [-0.05, 0) is 42.3 Å². The standard InChI is InChI=1S/C18H17FN2O3/c1-21-16-7-6-14(9-12(16)5-8-18(21)23)20-17(22)11-24-15-4-2-3-13(19)10-15/h2-4,6-7,9-10H,5,8,11H2,1H3,(H,20,22). The molecule has 0 radical (unpaired) electrons. The second-order valence-electron chi connectivity index (χ2n) is 5.59. The fraction of sp³-hybridized carbons (Fsp3) is 0.222. The lowest BCUT2D eigenvalue weighted by Crippen LogP contribution is -2.31. The molecule has 1 N–H and O–H groups in total. The van der Waals surface area contributed by atoms with Crippen molar-refractivity contribution in [1.29, 1.82) is 0 Å². The summed E-state index contributed by atoms with van der Waals surface area (Å²) in [4.78, 5) is 25.3. The summed E-state index contributed by atoms with van der Waals surface area (Å²) in [6, 6.07) is 11.1. The molecule has 1 aliphatic rings. The molecule has 0 aromatic heterocycles. The average molecular weight is 328 g/mol. The van der Waals surface area contributed by atoms with Gasteiger partial charge in [0.05, 0.1) is 0 Å². The van der Waals surface area contributed by atoms with Crippen LogP contribution in [0.3, 0.4) is 0 Å². The van der Waals surface area contributed by atoms with Crippen LogP contribution in [0.25, 0.3) is 0 Å². The molecule has 1 aliphatic heterocycles. The summed E-state index contributed by atoms with van der Waals surface area (Å²) in [7, 11) is 1.74. The van der Waals surface area contributed by atoms with E-state index in [1.165, 1.54) is 18.2 Å². The Bertz CT molecular complexity index is 792. The van der Waals surface area contributed by atoms with Gasteiger partial charge >= 0.3 is 0 Å². The molecule has 2 amide bonds. The molecule has 1 heterocycles. The fourth-order valence-corrected chi connectivity index (χ4v) is 2.64. The summed E-state index contributed by atoms with van der Waals surface area (Å²) in [5, 5.41) is 2.74. The first-order valence-electron chi connectivity index (χ1n) is 7.60. The summed E-state index contributed by atoms with van der Waals surface area (Å²) in [6.07, 6.45) is 1.12. The van der Waals surface area contributed by atoms with Crippen molar-refractivity contribution < 1.29 is 18.7 Å². The zero-order valence-electron chi connectivity index (χ0n) is 13.2. The molecule has 0 bridgehead atoms. The van der Waals surface area contributed by atoms with E-state index >= 15 is 0 Å². The second-order valence-corrected chi connectivity index (χ2v) is 5.59. The fourth-order valence-electron chi connectivity index (χ4n) is 2.64. The number of benzene rings is 2. The zero-order valence-corrected chi connectivity index (χ0v) is 13.2. The van der Waals surface area contributed by atoms with Gasteiger partial charge in [-0.1, -0.05) is 6.07 Å². The summed E-state index contributed by atoms with van der Waals surface area (Å²) in [5.41, 5.74) is 2.52. The minimum Gasteiger partial charge on any atom is -0.484 e. The number of halogens is 1. The number of aryl methyl sites for hydroxylation is 1. The lowest BCUT2D eigenvalue weighted by Gasteiger charge is -2.26. The topological polar surface area (TPSA) is 58.6 Å². The van der Waals surface area contributed by atoms with Crippen LogP contribution >= 0.6 is 0 Å². The second kappa shape index (κ2) is 6.70. The van der Waals surface area contributed by atoms with Crippen molar-refractivity contribution in [2.75, 3.05) is 23.9 Å². The highest BCUT2D eigenvalue weighted by atomic mass is 19.1. The number of anilines is 2. The molecule has 0 aliphatic carbocycles. The number of hydrogen-bond donors (Lipinski definition) is 1. The minimum atomic E-state index is -0.415. The zero-order chi connectivity index (χ0) is 17.1. The summed E-state index contributed by atoms with van der Waals surface area (Å²) < 4.78 is 18.3. The third-order valence-electron chi connectivity index (χ3n) is 3.87. The Morgan fingerprint density at radius 2 is 2.08 bits per heavy atom. The van der Waals surface area contributed by atoms with E-state index in [1.807, 2.05) is 12.1 Å². The van der Waals surface area contributed by atoms with Gasteiger partial charge in [0.1, 0.15) is 11.6 Å². The van der Waals surface area contributed by atoms with Gasteiger partial charge in [-0.25, -0.2) is 4.39 Å². The Kier molecular flexibility index (Phi) is 4.46. The molecule has 0 saturated heterocycles. The first kappa shape index (κ1) is 16.0. The Morgan fingerprint density at radius 3 is 2.88 bits per heavy atom. The van der Waals surface area contributed by atoms with Gasteiger partial charge in [-0.3, -0.25) is 9.59 Å². The Hall–Kier alpha value is -2.89. The molecule has 0 fully saturated rings. The lowest BCUT2D eigenvalue weighted by atomic mass is 10.0. The molecule has 124 valence electrons. The van der Waals surface area contributed by atoms with Gasteiger partial charge in [-0.15, -0.1) is 0 Å². The molecule has 2 aromatic rings. The van der Waals surface area contributed by atoms with E-state index < -0.39 is 5.82 Å². The van der Waals surface area contributed by atoms with Gasteiger partial charge in [0.25, 0.3) is 5.91 Å². The van der Waals surface area contributed by atoms with E-state index in [0.29, 0.717) is 24.3 Å². The number of amides is 2. The van der Waals surface area contributed by atoms with Crippen LogP contribution in [0.15, 0.2) is 42.5 Å². The predicted octanol–water partition coefficient (Wildman–Crippen LogP) is 2.75. The largest absolute Gasteiger partial charge is 0.484 e. The number of nitrogens with zero attached hydrogens (tertiary/aromatic N) is 1. The summed E-state index contributed by atoms with van der Waals surface area (Å²) in [6.45, 7) is -0.209. The van der Waals surface area contributed by atoms with Crippen molar-refractivity contribution in [1.82, 2.24) is 0 Å². The van der Waals surface area contributed by atoms with Crippen molar-refractivity contribution in [2.45, 2.75) is 12.8 Å². The SMILES string of the molecule is CN1C(=O)CCc2cc(NC(=O)COc3cccc(F)c3)ccc21. The molecule has 5 nitrogen and oxygen atoms in total. The van der Waals surface area contributed by atoms with Crippen molar-refractivity contribution in [2.24, 2.45) is 0 Å². The minimum absolute atomic E-state index is 0.0859. The van der Waals surface area contributed by atoms with E-state index in [4.69, 9.17) is 4.74 Å². The van der Waals surface area contributed by atoms with Gasteiger partial charge < -0.3 is 15.0 Å².